The van der Waals surface area contributed by atoms with Gasteiger partial charge in [0, 0.05) is 16.8 Å². The highest BCUT2D eigenvalue weighted by Gasteiger charge is 2.57. The van der Waals surface area contributed by atoms with Crippen molar-refractivity contribution in [2.75, 3.05) is 5.32 Å². The van der Waals surface area contributed by atoms with Crippen LogP contribution in [0, 0.1) is 0 Å². The number of nitrogens with one attached hydrogen (secondary N) is 1. The molecule has 0 aliphatic carbocycles. The van der Waals surface area contributed by atoms with E-state index in [9.17, 15) is 4.79 Å². The molecule has 138 valence electrons. The molecule has 3 heterocycles. The SMILES string of the molecule is O=C(Nc1ccc(Cl)c(Cl)c1)C1=CC2OC1C1OC(c3ccccc3)OC21. The van der Waals surface area contributed by atoms with Crippen LogP contribution in [0.5, 0.6) is 0 Å². The van der Waals surface area contributed by atoms with Gasteiger partial charge in [-0.05, 0) is 24.3 Å². The Kier molecular flexibility index (Phi) is 4.22. The van der Waals surface area contributed by atoms with E-state index in [0.29, 0.717) is 21.3 Å². The highest BCUT2D eigenvalue weighted by Crippen LogP contribution is 2.46. The van der Waals surface area contributed by atoms with Crippen LogP contribution in [-0.2, 0) is 19.0 Å². The Morgan fingerprint density at radius 2 is 1.70 bits per heavy atom. The molecule has 2 aromatic rings. The van der Waals surface area contributed by atoms with E-state index in [4.69, 9.17) is 37.4 Å². The van der Waals surface area contributed by atoms with E-state index >= 15 is 0 Å². The van der Waals surface area contributed by atoms with Crippen molar-refractivity contribution in [3.63, 3.8) is 0 Å². The predicted molar refractivity (Wildman–Crippen MR) is 101 cm³/mol. The molecule has 2 aromatic carbocycles. The van der Waals surface area contributed by atoms with Gasteiger partial charge in [0.25, 0.3) is 5.91 Å². The fourth-order valence-electron chi connectivity index (χ4n) is 3.71. The fraction of sp³-hybridized carbons (Fsp3) is 0.250. The second-order valence-corrected chi connectivity index (χ2v) is 7.48. The summed E-state index contributed by atoms with van der Waals surface area (Å²) in [5.74, 6) is -0.244. The fourth-order valence-corrected chi connectivity index (χ4v) is 4.01. The highest BCUT2D eigenvalue weighted by atomic mass is 35.5. The number of halogens is 2. The smallest absolute Gasteiger partial charge is 0.254 e. The summed E-state index contributed by atoms with van der Waals surface area (Å²) in [6.07, 6.45) is 0.123. The maximum Gasteiger partial charge on any atom is 0.254 e. The van der Waals surface area contributed by atoms with Gasteiger partial charge in [-0.3, -0.25) is 4.79 Å². The lowest BCUT2D eigenvalue weighted by Gasteiger charge is -2.19. The molecule has 27 heavy (non-hydrogen) atoms. The van der Waals surface area contributed by atoms with Gasteiger partial charge in [0.2, 0.25) is 0 Å². The van der Waals surface area contributed by atoms with Crippen LogP contribution in [0.2, 0.25) is 10.0 Å². The third-order valence-electron chi connectivity index (χ3n) is 4.97. The summed E-state index contributed by atoms with van der Waals surface area (Å²) in [4.78, 5) is 12.7. The molecule has 0 saturated carbocycles. The molecule has 1 N–H and O–H groups in total. The normalized spacial score (nSPS) is 30.9. The second kappa shape index (κ2) is 6.62. The van der Waals surface area contributed by atoms with Gasteiger partial charge < -0.3 is 19.5 Å². The zero-order chi connectivity index (χ0) is 18.5. The number of carbonyl (C=O) groups excluding carboxylic acids is 1. The Morgan fingerprint density at radius 1 is 0.926 bits per heavy atom. The van der Waals surface area contributed by atoms with Crippen molar-refractivity contribution in [3.05, 3.63) is 75.8 Å². The van der Waals surface area contributed by atoms with E-state index in [-0.39, 0.29) is 24.2 Å². The van der Waals surface area contributed by atoms with Crippen molar-refractivity contribution in [2.45, 2.75) is 30.7 Å². The van der Waals surface area contributed by atoms with Gasteiger partial charge in [-0.15, -0.1) is 0 Å². The van der Waals surface area contributed by atoms with Crippen LogP contribution in [0.4, 0.5) is 5.69 Å². The number of hydrogen-bond acceptors (Lipinski definition) is 4. The zero-order valence-electron chi connectivity index (χ0n) is 14.0. The first-order valence-electron chi connectivity index (χ1n) is 8.59. The molecule has 3 aliphatic rings. The van der Waals surface area contributed by atoms with E-state index in [1.54, 1.807) is 18.2 Å². The average Bonchev–Trinajstić information content (AvgIpc) is 3.36. The van der Waals surface area contributed by atoms with Gasteiger partial charge in [-0.25, -0.2) is 0 Å². The van der Waals surface area contributed by atoms with Gasteiger partial charge in [0.1, 0.15) is 24.4 Å². The number of hydrogen-bond donors (Lipinski definition) is 1. The molecular weight excluding hydrogens is 389 g/mol. The van der Waals surface area contributed by atoms with E-state index in [1.807, 2.05) is 36.4 Å². The zero-order valence-corrected chi connectivity index (χ0v) is 15.5. The number of fused-ring (bicyclic) bond motifs is 5. The van der Waals surface area contributed by atoms with Gasteiger partial charge >= 0.3 is 0 Å². The minimum Gasteiger partial charge on any atom is -0.360 e. The quantitative estimate of drug-likeness (QED) is 0.836. The lowest BCUT2D eigenvalue weighted by molar-refractivity contribution is -0.120. The molecule has 2 bridgehead atoms. The largest absolute Gasteiger partial charge is 0.360 e. The summed E-state index contributed by atoms with van der Waals surface area (Å²) in [5, 5.41) is 3.65. The molecular formula is C20H15Cl2NO4. The van der Waals surface area contributed by atoms with Crippen LogP contribution in [0.15, 0.2) is 60.2 Å². The van der Waals surface area contributed by atoms with Crippen LogP contribution < -0.4 is 5.32 Å². The molecule has 7 heteroatoms. The van der Waals surface area contributed by atoms with Crippen LogP contribution in [0.25, 0.3) is 0 Å². The molecule has 3 aliphatic heterocycles. The number of benzene rings is 2. The Bertz CT molecular complexity index is 933. The van der Waals surface area contributed by atoms with E-state index < -0.39 is 12.4 Å². The highest BCUT2D eigenvalue weighted by molar-refractivity contribution is 6.42. The Balaban J connectivity index is 1.31. The van der Waals surface area contributed by atoms with Crippen molar-refractivity contribution < 1.29 is 19.0 Å². The summed E-state index contributed by atoms with van der Waals surface area (Å²) in [7, 11) is 0. The minimum absolute atomic E-state index is 0.207. The summed E-state index contributed by atoms with van der Waals surface area (Å²) >= 11 is 11.9. The molecule has 0 radical (unpaired) electrons. The van der Waals surface area contributed by atoms with Gasteiger partial charge in [-0.1, -0.05) is 53.5 Å². The third-order valence-corrected chi connectivity index (χ3v) is 5.71. The molecule has 2 fully saturated rings. The van der Waals surface area contributed by atoms with Gasteiger partial charge in [-0.2, -0.15) is 0 Å². The minimum atomic E-state index is -0.448. The van der Waals surface area contributed by atoms with Crippen LogP contribution in [0.1, 0.15) is 11.9 Å². The van der Waals surface area contributed by atoms with Crippen LogP contribution in [0.3, 0.4) is 0 Å². The van der Waals surface area contributed by atoms with Crippen molar-refractivity contribution in [2.24, 2.45) is 0 Å². The first-order chi connectivity index (χ1) is 13.1. The first kappa shape index (κ1) is 17.2. The maximum atomic E-state index is 12.7. The number of ether oxygens (including phenoxy) is 3. The van der Waals surface area contributed by atoms with Crippen molar-refractivity contribution in [1.29, 1.82) is 0 Å². The van der Waals surface area contributed by atoms with Crippen LogP contribution in [-0.4, -0.2) is 30.3 Å². The van der Waals surface area contributed by atoms with Gasteiger partial charge in [0.15, 0.2) is 6.29 Å². The molecule has 5 nitrogen and oxygen atoms in total. The molecule has 1 amide bonds. The Hall–Kier alpha value is -1.89. The number of anilines is 1. The first-order valence-corrected chi connectivity index (χ1v) is 9.35. The lowest BCUT2D eigenvalue weighted by atomic mass is 9.94. The number of amides is 1. The van der Waals surface area contributed by atoms with E-state index in [2.05, 4.69) is 5.32 Å². The monoisotopic (exact) mass is 403 g/mol. The molecule has 5 unspecified atom stereocenters. The molecule has 2 saturated heterocycles. The molecule has 0 spiro atoms. The summed E-state index contributed by atoms with van der Waals surface area (Å²) in [6, 6.07) is 14.7. The van der Waals surface area contributed by atoms with Gasteiger partial charge in [0.05, 0.1) is 10.0 Å². The average molecular weight is 404 g/mol. The standard InChI is InChI=1S/C20H15Cl2NO4/c21-13-7-6-11(8-14(13)22)23-19(24)12-9-15-17-18(16(12)25-15)27-20(26-17)10-4-2-1-3-5-10/h1-9,15-18,20H,(H,23,24). The van der Waals surface area contributed by atoms with Crippen LogP contribution >= 0.6 is 23.2 Å². The van der Waals surface area contributed by atoms with E-state index in [1.165, 1.54) is 0 Å². The van der Waals surface area contributed by atoms with Crippen molar-refractivity contribution in [3.8, 4) is 0 Å². The number of rotatable bonds is 3. The summed E-state index contributed by atoms with van der Waals surface area (Å²) in [6.45, 7) is 0. The van der Waals surface area contributed by atoms with E-state index in [0.717, 1.165) is 5.56 Å². The Labute approximate surface area is 165 Å². The maximum absolute atomic E-state index is 12.7. The molecule has 5 atom stereocenters. The topological polar surface area (TPSA) is 56.8 Å². The second-order valence-electron chi connectivity index (χ2n) is 6.67. The lowest BCUT2D eigenvalue weighted by Crippen LogP contribution is -2.37. The Morgan fingerprint density at radius 3 is 2.48 bits per heavy atom. The third kappa shape index (κ3) is 2.96. The molecule has 5 rings (SSSR count). The number of carbonyl (C=O) groups is 1. The summed E-state index contributed by atoms with van der Waals surface area (Å²) in [5.41, 5.74) is 2.07. The predicted octanol–water partition coefficient (Wildman–Crippen LogP) is 4.12. The van der Waals surface area contributed by atoms with Crippen molar-refractivity contribution in [1.82, 2.24) is 0 Å². The molecule has 0 aromatic heterocycles. The van der Waals surface area contributed by atoms with Crippen molar-refractivity contribution >= 4 is 34.8 Å². The summed E-state index contributed by atoms with van der Waals surface area (Å²) < 4.78 is 18.0.